The zero-order valence-electron chi connectivity index (χ0n) is 7.58. The molecule has 0 bridgehead atoms. The molecule has 0 saturated carbocycles. The van der Waals surface area contributed by atoms with Crippen LogP contribution in [0.5, 0.6) is 0 Å². The fourth-order valence-corrected chi connectivity index (χ4v) is 1.85. The van der Waals surface area contributed by atoms with Gasteiger partial charge in [0.05, 0.1) is 4.91 Å². The summed E-state index contributed by atoms with van der Waals surface area (Å²) in [4.78, 5) is 11.7. The molecule has 1 saturated heterocycles. The number of amides is 1. The molecule has 0 atom stereocenters. The van der Waals surface area contributed by atoms with Crippen molar-refractivity contribution in [2.45, 2.75) is 0 Å². The second kappa shape index (κ2) is 3.86. The average molecular weight is 222 g/mol. The highest BCUT2D eigenvalue weighted by Crippen LogP contribution is 2.24. The maximum atomic E-state index is 12.6. The summed E-state index contributed by atoms with van der Waals surface area (Å²) in [6, 6.07) is 5.82. The molecule has 1 aromatic carbocycles. The van der Waals surface area contributed by atoms with Crippen molar-refractivity contribution in [2.75, 3.05) is 0 Å². The molecule has 1 heterocycles. The number of rotatable bonds is 1. The number of carbonyl (C=O) groups excluding carboxylic acids is 1. The average Bonchev–Trinajstić information content (AvgIpc) is 2.49. The van der Waals surface area contributed by atoms with Crippen molar-refractivity contribution in [2.24, 2.45) is 0 Å². The minimum Gasteiger partial charge on any atom is -0.301 e. The molecule has 1 amide bonds. The van der Waals surface area contributed by atoms with E-state index >= 15 is 0 Å². The topological polar surface area (TPSA) is 53.0 Å². The van der Waals surface area contributed by atoms with Gasteiger partial charge in [0.25, 0.3) is 5.91 Å². The minimum atomic E-state index is -0.312. The van der Waals surface area contributed by atoms with Crippen LogP contribution in [0, 0.1) is 11.2 Å². The summed E-state index contributed by atoms with van der Waals surface area (Å²) in [6.45, 7) is 0. The Morgan fingerprint density at radius 1 is 1.33 bits per heavy atom. The first-order chi connectivity index (χ1) is 7.15. The molecule has 0 aliphatic carbocycles. The number of amidine groups is 1. The van der Waals surface area contributed by atoms with Crippen LogP contribution in [-0.4, -0.2) is 11.1 Å². The summed E-state index contributed by atoms with van der Waals surface area (Å²) in [7, 11) is 0. The van der Waals surface area contributed by atoms with Crippen LogP contribution >= 0.6 is 11.8 Å². The Kier molecular flexibility index (Phi) is 2.55. The third kappa shape index (κ3) is 2.24. The van der Waals surface area contributed by atoms with Gasteiger partial charge in [-0.3, -0.25) is 10.2 Å². The largest absolute Gasteiger partial charge is 0.301 e. The maximum absolute atomic E-state index is 12.6. The van der Waals surface area contributed by atoms with E-state index in [1.165, 1.54) is 12.1 Å². The summed E-state index contributed by atoms with van der Waals surface area (Å²) < 4.78 is 12.6. The highest BCUT2D eigenvalue weighted by molar-refractivity contribution is 8.18. The van der Waals surface area contributed by atoms with Gasteiger partial charge in [0.2, 0.25) is 0 Å². The van der Waals surface area contributed by atoms with Crippen LogP contribution in [0.2, 0.25) is 0 Å². The third-order valence-corrected chi connectivity index (χ3v) is 2.66. The van der Waals surface area contributed by atoms with Crippen molar-refractivity contribution in [3.63, 3.8) is 0 Å². The van der Waals surface area contributed by atoms with Gasteiger partial charge in [-0.2, -0.15) is 0 Å². The maximum Gasteiger partial charge on any atom is 0.264 e. The van der Waals surface area contributed by atoms with Crippen LogP contribution in [0.3, 0.4) is 0 Å². The molecule has 1 aromatic rings. The monoisotopic (exact) mass is 222 g/mol. The molecule has 3 nitrogen and oxygen atoms in total. The lowest BCUT2D eigenvalue weighted by Crippen LogP contribution is -2.18. The van der Waals surface area contributed by atoms with Crippen LogP contribution in [0.4, 0.5) is 4.39 Å². The highest BCUT2D eigenvalue weighted by Gasteiger charge is 2.21. The molecule has 76 valence electrons. The van der Waals surface area contributed by atoms with Gasteiger partial charge in [0.1, 0.15) is 5.82 Å². The van der Waals surface area contributed by atoms with E-state index in [4.69, 9.17) is 5.41 Å². The fraction of sp³-hybridized carbons (Fsp3) is 0. The van der Waals surface area contributed by atoms with Crippen molar-refractivity contribution in [1.82, 2.24) is 5.32 Å². The summed E-state index contributed by atoms with van der Waals surface area (Å²) in [5.74, 6) is -0.595. The Bertz CT molecular complexity index is 453. The van der Waals surface area contributed by atoms with Crippen molar-refractivity contribution >= 4 is 28.9 Å². The Labute approximate surface area is 89.9 Å². The minimum absolute atomic E-state index is 0.119. The molecule has 0 unspecified atom stereocenters. The molecule has 1 aliphatic rings. The summed E-state index contributed by atoms with van der Waals surface area (Å²) >= 11 is 1.06. The van der Waals surface area contributed by atoms with E-state index in [0.29, 0.717) is 4.91 Å². The Hall–Kier alpha value is -1.62. The van der Waals surface area contributed by atoms with Gasteiger partial charge in [0.15, 0.2) is 5.17 Å². The Balaban J connectivity index is 2.27. The Morgan fingerprint density at radius 3 is 2.53 bits per heavy atom. The second-order valence-corrected chi connectivity index (χ2v) is 4.00. The lowest BCUT2D eigenvalue weighted by atomic mass is 10.2. The van der Waals surface area contributed by atoms with Crippen molar-refractivity contribution in [3.8, 4) is 0 Å². The van der Waals surface area contributed by atoms with E-state index in [1.807, 2.05) is 0 Å². The van der Waals surface area contributed by atoms with Crippen LogP contribution < -0.4 is 5.32 Å². The van der Waals surface area contributed by atoms with Gasteiger partial charge in [-0.05, 0) is 35.5 Å². The quantitative estimate of drug-likeness (QED) is 0.714. The molecule has 1 fully saturated rings. The van der Waals surface area contributed by atoms with Gasteiger partial charge in [0, 0.05) is 0 Å². The number of hydrogen-bond donors (Lipinski definition) is 2. The van der Waals surface area contributed by atoms with Crippen LogP contribution in [-0.2, 0) is 4.79 Å². The third-order valence-electron chi connectivity index (χ3n) is 1.83. The highest BCUT2D eigenvalue weighted by atomic mass is 32.2. The first-order valence-electron chi connectivity index (χ1n) is 4.20. The van der Waals surface area contributed by atoms with E-state index in [0.717, 1.165) is 17.3 Å². The van der Waals surface area contributed by atoms with Gasteiger partial charge < -0.3 is 5.32 Å². The fourth-order valence-electron chi connectivity index (χ4n) is 1.15. The first kappa shape index (κ1) is 9.92. The first-order valence-corrected chi connectivity index (χ1v) is 5.02. The molecule has 5 heteroatoms. The lowest BCUT2D eigenvalue weighted by molar-refractivity contribution is -0.115. The van der Waals surface area contributed by atoms with Gasteiger partial charge in [-0.25, -0.2) is 4.39 Å². The standard InChI is InChI=1S/C10H7FN2OS/c11-7-3-1-6(2-4-7)5-8-9(14)13-10(12)15-8/h1-5H,(H2,12,13,14)/b8-5+. The lowest BCUT2D eigenvalue weighted by Gasteiger charge is -1.94. The van der Waals surface area contributed by atoms with Crippen LogP contribution in [0.25, 0.3) is 6.08 Å². The molecule has 0 radical (unpaired) electrons. The summed E-state index contributed by atoms with van der Waals surface area (Å²) in [5, 5.41) is 9.72. The zero-order valence-corrected chi connectivity index (χ0v) is 8.40. The van der Waals surface area contributed by atoms with Gasteiger partial charge in [-0.15, -0.1) is 0 Å². The van der Waals surface area contributed by atoms with Gasteiger partial charge in [-0.1, -0.05) is 12.1 Å². The van der Waals surface area contributed by atoms with Crippen molar-refractivity contribution < 1.29 is 9.18 Å². The molecule has 0 aromatic heterocycles. The van der Waals surface area contributed by atoms with Crippen molar-refractivity contribution in [1.29, 1.82) is 5.41 Å². The van der Waals surface area contributed by atoms with Crippen LogP contribution in [0.15, 0.2) is 29.2 Å². The molecule has 15 heavy (non-hydrogen) atoms. The second-order valence-electron chi connectivity index (χ2n) is 2.95. The number of hydrogen-bond acceptors (Lipinski definition) is 3. The van der Waals surface area contributed by atoms with Gasteiger partial charge >= 0.3 is 0 Å². The summed E-state index contributed by atoms with van der Waals surface area (Å²) in [6.07, 6.45) is 1.63. The molecule has 0 spiro atoms. The van der Waals surface area contributed by atoms with E-state index in [2.05, 4.69) is 5.32 Å². The van der Waals surface area contributed by atoms with E-state index in [1.54, 1.807) is 18.2 Å². The van der Waals surface area contributed by atoms with E-state index in [9.17, 15) is 9.18 Å². The number of halogens is 1. The molecule has 1 aliphatic heterocycles. The van der Waals surface area contributed by atoms with Crippen LogP contribution in [0.1, 0.15) is 5.56 Å². The van der Waals surface area contributed by atoms with E-state index < -0.39 is 0 Å². The molecule has 2 N–H and O–H groups in total. The SMILES string of the molecule is N=C1NC(=O)/C(=C\c2ccc(F)cc2)S1. The van der Waals surface area contributed by atoms with E-state index in [-0.39, 0.29) is 16.9 Å². The molecular formula is C10H7FN2OS. The number of nitrogens with one attached hydrogen (secondary N) is 2. The normalized spacial score (nSPS) is 18.3. The number of thioether (sulfide) groups is 1. The molecule has 2 rings (SSSR count). The Morgan fingerprint density at radius 2 is 2.00 bits per heavy atom. The summed E-state index contributed by atoms with van der Waals surface area (Å²) in [5.41, 5.74) is 0.740. The smallest absolute Gasteiger partial charge is 0.264 e. The predicted molar refractivity (Wildman–Crippen MR) is 57.8 cm³/mol. The number of carbonyl (C=O) groups is 1. The molecular weight excluding hydrogens is 215 g/mol. The number of benzene rings is 1. The van der Waals surface area contributed by atoms with Crippen molar-refractivity contribution in [3.05, 3.63) is 40.6 Å². The predicted octanol–water partition coefficient (Wildman–Crippen LogP) is 1.96. The zero-order chi connectivity index (χ0) is 10.8.